The van der Waals surface area contributed by atoms with Gasteiger partial charge in [-0.05, 0) is 32.6 Å². The highest BCUT2D eigenvalue weighted by Crippen LogP contribution is 2.27. The predicted octanol–water partition coefficient (Wildman–Crippen LogP) is 1.94. The summed E-state index contributed by atoms with van der Waals surface area (Å²) in [6.45, 7) is 4.57. The largest absolute Gasteiger partial charge is 0.464 e. The lowest BCUT2D eigenvalue weighted by Crippen LogP contribution is -2.29. The van der Waals surface area contributed by atoms with Gasteiger partial charge in [0.15, 0.2) is 0 Å². The fourth-order valence-electron chi connectivity index (χ4n) is 2.63. The van der Waals surface area contributed by atoms with E-state index in [1.165, 1.54) is 32.1 Å². The summed E-state index contributed by atoms with van der Waals surface area (Å²) in [5, 5.41) is 3.35. The number of nitrogens with two attached hydrogens (primary N) is 1. The van der Waals surface area contributed by atoms with Crippen LogP contribution in [-0.2, 0) is 0 Å². The lowest BCUT2D eigenvalue weighted by atomic mass is 9.85. The SMILES string of the molecule is CCOc1nc(NN)nc(NC(C)C2CCCCC2)n1. The monoisotopic (exact) mass is 280 g/mol. The van der Waals surface area contributed by atoms with Gasteiger partial charge < -0.3 is 10.1 Å². The van der Waals surface area contributed by atoms with Crippen LogP contribution in [0.3, 0.4) is 0 Å². The van der Waals surface area contributed by atoms with Crippen molar-refractivity contribution in [1.29, 1.82) is 0 Å². The third-order valence-corrected chi connectivity index (χ3v) is 3.73. The second-order valence-corrected chi connectivity index (χ2v) is 5.17. The zero-order valence-electron chi connectivity index (χ0n) is 12.2. The van der Waals surface area contributed by atoms with Gasteiger partial charge in [0.25, 0.3) is 0 Å². The molecule has 1 aromatic rings. The second-order valence-electron chi connectivity index (χ2n) is 5.17. The summed E-state index contributed by atoms with van der Waals surface area (Å²) in [6.07, 6.45) is 6.51. The lowest BCUT2D eigenvalue weighted by Gasteiger charge is -2.28. The van der Waals surface area contributed by atoms with Crippen LogP contribution in [0.25, 0.3) is 0 Å². The normalized spacial score (nSPS) is 17.6. The fraction of sp³-hybridized carbons (Fsp3) is 0.769. The standard InChI is InChI=1S/C13H24N6O/c1-3-20-13-17-11(16-12(18-13)19-14)15-9(2)10-7-5-4-6-8-10/h9-10H,3-8,14H2,1-2H3,(H2,15,16,17,18,19). The number of nitrogen functional groups attached to an aromatic ring is 1. The average molecular weight is 280 g/mol. The fourth-order valence-corrected chi connectivity index (χ4v) is 2.63. The Morgan fingerprint density at radius 3 is 2.55 bits per heavy atom. The Bertz CT molecular complexity index is 421. The van der Waals surface area contributed by atoms with Crippen molar-refractivity contribution in [2.75, 3.05) is 17.3 Å². The van der Waals surface area contributed by atoms with E-state index in [1.54, 1.807) is 0 Å². The number of hydrogen-bond donors (Lipinski definition) is 3. The molecule has 0 bridgehead atoms. The van der Waals surface area contributed by atoms with Gasteiger partial charge in [-0.15, -0.1) is 0 Å². The second kappa shape index (κ2) is 7.23. The molecule has 1 saturated carbocycles. The first-order valence-corrected chi connectivity index (χ1v) is 7.35. The van der Waals surface area contributed by atoms with Crippen LogP contribution in [0, 0.1) is 5.92 Å². The maximum Gasteiger partial charge on any atom is 0.323 e. The van der Waals surface area contributed by atoms with E-state index in [2.05, 4.69) is 32.6 Å². The molecule has 0 aliphatic heterocycles. The van der Waals surface area contributed by atoms with Crippen molar-refractivity contribution >= 4 is 11.9 Å². The van der Waals surface area contributed by atoms with Crippen LogP contribution in [0.5, 0.6) is 6.01 Å². The van der Waals surface area contributed by atoms with Crippen LogP contribution >= 0.6 is 0 Å². The van der Waals surface area contributed by atoms with Gasteiger partial charge in [0.05, 0.1) is 6.61 Å². The molecule has 1 aromatic heterocycles. The van der Waals surface area contributed by atoms with Crippen LogP contribution in [-0.4, -0.2) is 27.6 Å². The molecule has 1 heterocycles. The molecule has 112 valence electrons. The van der Waals surface area contributed by atoms with Crippen LogP contribution in [0.4, 0.5) is 11.9 Å². The third-order valence-electron chi connectivity index (χ3n) is 3.73. The number of rotatable bonds is 6. The zero-order valence-corrected chi connectivity index (χ0v) is 12.2. The first kappa shape index (κ1) is 14.8. The topological polar surface area (TPSA) is 98.0 Å². The summed E-state index contributed by atoms with van der Waals surface area (Å²) < 4.78 is 5.32. The smallest absolute Gasteiger partial charge is 0.323 e. The average Bonchev–Trinajstić information content (AvgIpc) is 2.48. The van der Waals surface area contributed by atoms with E-state index in [0.29, 0.717) is 30.5 Å². The Labute approximate surface area is 119 Å². The van der Waals surface area contributed by atoms with E-state index in [4.69, 9.17) is 10.6 Å². The summed E-state index contributed by atoms with van der Waals surface area (Å²) in [7, 11) is 0. The summed E-state index contributed by atoms with van der Waals surface area (Å²) in [6, 6.07) is 0.617. The van der Waals surface area contributed by atoms with E-state index in [0.717, 1.165) is 0 Å². The molecule has 7 nitrogen and oxygen atoms in total. The van der Waals surface area contributed by atoms with E-state index in [-0.39, 0.29) is 6.01 Å². The van der Waals surface area contributed by atoms with Gasteiger partial charge >= 0.3 is 6.01 Å². The highest BCUT2D eigenvalue weighted by Gasteiger charge is 2.21. The van der Waals surface area contributed by atoms with E-state index in [9.17, 15) is 0 Å². The van der Waals surface area contributed by atoms with Crippen LogP contribution < -0.4 is 21.3 Å². The highest BCUT2D eigenvalue weighted by atomic mass is 16.5. The summed E-state index contributed by atoms with van der Waals surface area (Å²) in [5.74, 6) is 6.86. The summed E-state index contributed by atoms with van der Waals surface area (Å²) in [5.41, 5.74) is 2.44. The van der Waals surface area contributed by atoms with Crippen LogP contribution in [0.2, 0.25) is 0 Å². The maximum absolute atomic E-state index is 5.37. The van der Waals surface area contributed by atoms with Crippen LogP contribution in [0.1, 0.15) is 46.0 Å². The van der Waals surface area contributed by atoms with Crippen molar-refractivity contribution in [2.24, 2.45) is 11.8 Å². The van der Waals surface area contributed by atoms with Gasteiger partial charge in [0.1, 0.15) is 0 Å². The summed E-state index contributed by atoms with van der Waals surface area (Å²) in [4.78, 5) is 12.5. The Morgan fingerprint density at radius 2 is 1.90 bits per heavy atom. The van der Waals surface area contributed by atoms with Gasteiger partial charge in [-0.1, -0.05) is 19.3 Å². The zero-order chi connectivity index (χ0) is 14.4. The lowest BCUT2D eigenvalue weighted by molar-refractivity contribution is 0.310. The number of hydrogen-bond acceptors (Lipinski definition) is 7. The molecule has 20 heavy (non-hydrogen) atoms. The Kier molecular flexibility index (Phi) is 5.34. The van der Waals surface area contributed by atoms with Crippen molar-refractivity contribution in [3.63, 3.8) is 0 Å². The van der Waals surface area contributed by atoms with Crippen molar-refractivity contribution in [3.8, 4) is 6.01 Å². The number of aromatic nitrogens is 3. The number of nitrogens with one attached hydrogen (secondary N) is 2. The van der Waals surface area contributed by atoms with Crippen molar-refractivity contribution < 1.29 is 4.74 Å². The Morgan fingerprint density at radius 1 is 1.20 bits per heavy atom. The predicted molar refractivity (Wildman–Crippen MR) is 78.5 cm³/mol. The van der Waals surface area contributed by atoms with Crippen LogP contribution in [0.15, 0.2) is 0 Å². The van der Waals surface area contributed by atoms with Crippen molar-refractivity contribution in [2.45, 2.75) is 52.0 Å². The molecule has 0 amide bonds. The molecule has 0 aromatic carbocycles. The first-order chi connectivity index (χ1) is 9.72. The van der Waals surface area contributed by atoms with Crippen molar-refractivity contribution in [1.82, 2.24) is 15.0 Å². The minimum Gasteiger partial charge on any atom is -0.464 e. The number of nitrogens with zero attached hydrogens (tertiary/aromatic N) is 3. The molecule has 4 N–H and O–H groups in total. The maximum atomic E-state index is 5.37. The molecule has 0 saturated heterocycles. The first-order valence-electron chi connectivity index (χ1n) is 7.35. The van der Waals surface area contributed by atoms with Crippen molar-refractivity contribution in [3.05, 3.63) is 0 Å². The molecule has 1 atom stereocenters. The number of hydrazine groups is 1. The molecular formula is C13H24N6O. The molecule has 1 aliphatic rings. The third kappa shape index (κ3) is 3.93. The van der Waals surface area contributed by atoms with Gasteiger partial charge in [0, 0.05) is 6.04 Å². The Balaban J connectivity index is 2.04. The number of ether oxygens (including phenoxy) is 1. The molecule has 1 aliphatic carbocycles. The minimum absolute atomic E-state index is 0.286. The van der Waals surface area contributed by atoms with Gasteiger partial charge in [-0.2, -0.15) is 15.0 Å². The Hall–Kier alpha value is -1.63. The molecule has 2 rings (SSSR count). The molecular weight excluding hydrogens is 256 g/mol. The van der Waals surface area contributed by atoms with Gasteiger partial charge in [-0.25, -0.2) is 5.84 Å². The quantitative estimate of drug-likeness (QED) is 0.541. The van der Waals surface area contributed by atoms with Gasteiger partial charge in [-0.3, -0.25) is 5.43 Å². The van der Waals surface area contributed by atoms with E-state index >= 15 is 0 Å². The van der Waals surface area contributed by atoms with E-state index < -0.39 is 0 Å². The highest BCUT2D eigenvalue weighted by molar-refractivity contribution is 5.35. The number of anilines is 2. The molecule has 0 radical (unpaired) electrons. The minimum atomic E-state index is 0.286. The molecule has 7 heteroatoms. The van der Waals surface area contributed by atoms with Gasteiger partial charge in [0.2, 0.25) is 11.9 Å². The summed E-state index contributed by atoms with van der Waals surface area (Å²) >= 11 is 0. The molecule has 0 spiro atoms. The molecule has 1 unspecified atom stereocenters. The van der Waals surface area contributed by atoms with E-state index in [1.807, 2.05) is 6.92 Å². The molecule has 1 fully saturated rings.